The Kier molecular flexibility index (Phi) is 8.81. The van der Waals surface area contributed by atoms with E-state index in [1.165, 1.54) is 11.5 Å². The fourth-order valence-electron chi connectivity index (χ4n) is 3.72. The molecule has 2 aromatic rings. The van der Waals surface area contributed by atoms with E-state index < -0.39 is 0 Å². The van der Waals surface area contributed by atoms with Crippen LogP contribution in [0.1, 0.15) is 30.7 Å². The van der Waals surface area contributed by atoms with E-state index in [0.29, 0.717) is 58.5 Å². The van der Waals surface area contributed by atoms with Gasteiger partial charge in [0.05, 0.1) is 13.7 Å². The highest BCUT2D eigenvalue weighted by atomic mass is 32.1. The Hall–Kier alpha value is -2.72. The number of primary amides is 1. The number of nitrogens with two attached hydrogens (primary N) is 1. The Morgan fingerprint density at radius 1 is 1.25 bits per heavy atom. The van der Waals surface area contributed by atoms with Crippen molar-refractivity contribution in [3.63, 3.8) is 0 Å². The minimum absolute atomic E-state index is 0.0801. The summed E-state index contributed by atoms with van der Waals surface area (Å²) in [7, 11) is 3.30. The number of hydrogen-bond acceptors (Lipinski definition) is 8. The quantitative estimate of drug-likeness (QED) is 0.542. The van der Waals surface area contributed by atoms with Crippen molar-refractivity contribution in [3.05, 3.63) is 35.7 Å². The zero-order valence-corrected chi connectivity index (χ0v) is 19.5. The van der Waals surface area contributed by atoms with Crippen LogP contribution in [-0.4, -0.2) is 73.1 Å². The minimum Gasteiger partial charge on any atom is -0.497 e. The normalized spacial score (nSPS) is 14.4. The lowest BCUT2D eigenvalue weighted by atomic mass is 9.96. The van der Waals surface area contributed by atoms with Crippen LogP contribution in [0.5, 0.6) is 5.75 Å². The van der Waals surface area contributed by atoms with Gasteiger partial charge < -0.3 is 25.0 Å². The molecule has 10 heteroatoms. The highest BCUT2D eigenvalue weighted by Gasteiger charge is 2.26. The van der Waals surface area contributed by atoms with Crippen LogP contribution in [0.3, 0.4) is 0 Å². The molecule has 2 N–H and O–H groups in total. The number of aromatic nitrogens is 2. The summed E-state index contributed by atoms with van der Waals surface area (Å²) in [6.45, 7) is 2.85. The summed E-state index contributed by atoms with van der Waals surface area (Å²) in [5.74, 6) is 1.22. The number of anilines is 1. The third-order valence-corrected chi connectivity index (χ3v) is 6.45. The van der Waals surface area contributed by atoms with Crippen molar-refractivity contribution >= 4 is 28.5 Å². The molecule has 0 spiro atoms. The number of rotatable bonds is 11. The van der Waals surface area contributed by atoms with E-state index in [9.17, 15) is 9.59 Å². The highest BCUT2D eigenvalue weighted by molar-refractivity contribution is 7.09. The van der Waals surface area contributed by atoms with Crippen LogP contribution in [-0.2, 0) is 20.7 Å². The van der Waals surface area contributed by atoms with Gasteiger partial charge in [0.15, 0.2) is 0 Å². The Labute approximate surface area is 192 Å². The number of likely N-dealkylation sites (tertiary alicyclic amines) is 1. The molecule has 1 aromatic heterocycles. The summed E-state index contributed by atoms with van der Waals surface area (Å²) in [5.41, 5.74) is 6.46. The monoisotopic (exact) mass is 461 g/mol. The van der Waals surface area contributed by atoms with Crippen LogP contribution in [0.15, 0.2) is 24.3 Å². The van der Waals surface area contributed by atoms with Gasteiger partial charge in [0, 0.05) is 63.6 Å². The molecule has 0 aliphatic carbocycles. The molecule has 3 rings (SSSR count). The summed E-state index contributed by atoms with van der Waals surface area (Å²) in [6.07, 6.45) is 2.26. The van der Waals surface area contributed by atoms with E-state index >= 15 is 0 Å². The summed E-state index contributed by atoms with van der Waals surface area (Å²) in [4.78, 5) is 32.6. The summed E-state index contributed by atoms with van der Waals surface area (Å²) in [5, 5.41) is 0.778. The molecule has 1 saturated heterocycles. The van der Waals surface area contributed by atoms with E-state index in [2.05, 4.69) is 4.37 Å². The van der Waals surface area contributed by atoms with E-state index in [1.54, 1.807) is 14.2 Å². The zero-order valence-electron chi connectivity index (χ0n) is 18.7. The maximum Gasteiger partial charge on any atom is 0.224 e. The van der Waals surface area contributed by atoms with Gasteiger partial charge in [-0.2, -0.15) is 4.37 Å². The number of hydrogen-bond donors (Lipinski definition) is 1. The lowest BCUT2D eigenvalue weighted by molar-refractivity contribution is -0.134. The molecule has 1 aromatic carbocycles. The van der Waals surface area contributed by atoms with Crippen molar-refractivity contribution in [2.24, 2.45) is 11.7 Å². The summed E-state index contributed by atoms with van der Waals surface area (Å²) < 4.78 is 15.0. The molecule has 1 fully saturated rings. The molecule has 9 nitrogen and oxygen atoms in total. The van der Waals surface area contributed by atoms with Crippen molar-refractivity contribution < 1.29 is 19.1 Å². The Morgan fingerprint density at radius 2 is 2.03 bits per heavy atom. The van der Waals surface area contributed by atoms with Gasteiger partial charge in [-0.15, -0.1) is 0 Å². The lowest BCUT2D eigenvalue weighted by Crippen LogP contribution is -2.43. The molecular weight excluding hydrogens is 430 g/mol. The predicted molar refractivity (Wildman–Crippen MR) is 123 cm³/mol. The third kappa shape index (κ3) is 6.64. The van der Waals surface area contributed by atoms with Gasteiger partial charge >= 0.3 is 0 Å². The number of carbonyl (C=O) groups is 2. The first kappa shape index (κ1) is 23.9. The minimum atomic E-state index is -0.274. The van der Waals surface area contributed by atoms with Gasteiger partial charge in [-0.1, -0.05) is 12.1 Å². The molecule has 2 heterocycles. The Morgan fingerprint density at radius 3 is 2.72 bits per heavy atom. The first-order chi connectivity index (χ1) is 15.5. The lowest BCUT2D eigenvalue weighted by Gasteiger charge is -2.31. The average molecular weight is 462 g/mol. The van der Waals surface area contributed by atoms with Gasteiger partial charge in [-0.3, -0.25) is 9.59 Å². The number of piperidine rings is 1. The van der Waals surface area contributed by atoms with Crippen molar-refractivity contribution in [1.29, 1.82) is 0 Å². The van der Waals surface area contributed by atoms with Crippen LogP contribution in [0.25, 0.3) is 0 Å². The van der Waals surface area contributed by atoms with Crippen LogP contribution < -0.4 is 15.4 Å². The molecule has 1 aliphatic rings. The highest BCUT2D eigenvalue weighted by Crippen LogP contribution is 2.22. The van der Waals surface area contributed by atoms with Crippen molar-refractivity contribution in [2.75, 3.05) is 51.9 Å². The molecular formula is C22H31N5O4S. The molecule has 0 bridgehead atoms. The third-order valence-electron chi connectivity index (χ3n) is 5.64. The van der Waals surface area contributed by atoms with Crippen LogP contribution in [0.4, 0.5) is 5.13 Å². The van der Waals surface area contributed by atoms with Crippen LogP contribution in [0, 0.1) is 5.92 Å². The van der Waals surface area contributed by atoms with Gasteiger partial charge in [0.2, 0.25) is 16.9 Å². The van der Waals surface area contributed by atoms with Crippen LogP contribution in [0.2, 0.25) is 0 Å². The molecule has 32 heavy (non-hydrogen) atoms. The van der Waals surface area contributed by atoms with E-state index in [0.717, 1.165) is 22.3 Å². The van der Waals surface area contributed by atoms with E-state index in [4.69, 9.17) is 20.2 Å². The van der Waals surface area contributed by atoms with E-state index in [-0.39, 0.29) is 17.7 Å². The number of ether oxygens (including phenoxy) is 2. The number of amides is 2. The largest absolute Gasteiger partial charge is 0.497 e. The van der Waals surface area contributed by atoms with Crippen molar-refractivity contribution in [3.8, 4) is 5.75 Å². The summed E-state index contributed by atoms with van der Waals surface area (Å²) in [6, 6.07) is 7.85. The van der Waals surface area contributed by atoms with Gasteiger partial charge in [-0.25, -0.2) is 4.98 Å². The molecule has 174 valence electrons. The maximum atomic E-state index is 12.7. The smallest absolute Gasteiger partial charge is 0.224 e. The van der Waals surface area contributed by atoms with Gasteiger partial charge in [-0.05, 0) is 30.5 Å². The second-order valence-electron chi connectivity index (χ2n) is 7.81. The molecule has 0 saturated carbocycles. The first-order valence-corrected chi connectivity index (χ1v) is 11.5. The zero-order chi connectivity index (χ0) is 22.9. The second kappa shape index (κ2) is 11.8. The van der Waals surface area contributed by atoms with Gasteiger partial charge in [0.25, 0.3) is 0 Å². The van der Waals surface area contributed by atoms with Crippen LogP contribution >= 0.6 is 11.5 Å². The molecule has 2 amide bonds. The number of methoxy groups -OCH3 is 2. The van der Waals surface area contributed by atoms with Crippen molar-refractivity contribution in [2.45, 2.75) is 25.7 Å². The van der Waals surface area contributed by atoms with E-state index in [1.807, 2.05) is 34.1 Å². The maximum absolute atomic E-state index is 12.7. The topological polar surface area (TPSA) is 111 Å². The Balaban J connectivity index is 1.58. The molecule has 0 unspecified atom stereocenters. The molecule has 1 aliphatic heterocycles. The standard InChI is InChI=1S/C22H31N5O4S/c1-30-13-12-27(11-8-20(28)26-9-6-17(7-10-26)21(23)29)22-24-19(25-32-22)15-16-4-3-5-18(14-16)31-2/h3-5,14,17H,6-13,15H2,1-2H3,(H2,23,29). The number of carbonyl (C=O) groups excluding carboxylic acids is 2. The summed E-state index contributed by atoms with van der Waals surface area (Å²) >= 11 is 1.33. The number of benzene rings is 1. The van der Waals surface area contributed by atoms with Gasteiger partial charge in [0.1, 0.15) is 11.6 Å². The fraction of sp³-hybridized carbons (Fsp3) is 0.545. The number of nitrogens with zero attached hydrogens (tertiary/aromatic N) is 4. The Bertz CT molecular complexity index is 898. The average Bonchev–Trinajstić information content (AvgIpc) is 3.27. The predicted octanol–water partition coefficient (Wildman–Crippen LogP) is 1.70. The van der Waals surface area contributed by atoms with Crippen molar-refractivity contribution in [1.82, 2.24) is 14.3 Å². The SMILES string of the molecule is COCCN(CCC(=O)N1CCC(C(N)=O)CC1)c1nc(Cc2cccc(OC)c2)ns1. The molecule has 0 atom stereocenters. The first-order valence-electron chi connectivity index (χ1n) is 10.8. The fourth-order valence-corrected chi connectivity index (χ4v) is 4.45. The second-order valence-corrected chi connectivity index (χ2v) is 8.54. The molecule has 0 radical (unpaired) electrons.